The smallest absolute Gasteiger partial charge is 0.185 e. The quantitative estimate of drug-likeness (QED) is 0.271. The van der Waals surface area contributed by atoms with Crippen LogP contribution in [-0.4, -0.2) is 5.78 Å². The number of carbonyl (C=O) groups is 1. The Morgan fingerprint density at radius 1 is 0.926 bits per heavy atom. The topological polar surface area (TPSA) is 17.1 Å². The second-order valence-corrected chi connectivity index (χ2v) is 7.09. The molecule has 27 heavy (non-hydrogen) atoms. The van der Waals surface area contributed by atoms with Crippen molar-refractivity contribution in [3.8, 4) is 0 Å². The van der Waals surface area contributed by atoms with Gasteiger partial charge in [-0.25, -0.2) is 0 Å². The Bertz CT molecular complexity index is 828. The summed E-state index contributed by atoms with van der Waals surface area (Å²) in [6.07, 6.45) is 18.5. The molecule has 1 aliphatic carbocycles. The van der Waals surface area contributed by atoms with Gasteiger partial charge in [0.15, 0.2) is 5.78 Å². The molecule has 0 heterocycles. The Balaban J connectivity index is 1.85. The molecule has 0 radical (unpaired) electrons. The number of ketones is 1. The lowest BCUT2D eigenvalue weighted by Gasteiger charge is -2.17. The first-order valence-corrected chi connectivity index (χ1v) is 10.0. The highest BCUT2D eigenvalue weighted by atomic mass is 16.1. The van der Waals surface area contributed by atoms with Crippen LogP contribution >= 0.6 is 0 Å². The van der Waals surface area contributed by atoms with E-state index in [9.17, 15) is 4.79 Å². The summed E-state index contributed by atoms with van der Waals surface area (Å²) < 4.78 is 0. The zero-order chi connectivity index (χ0) is 18.9. The van der Waals surface area contributed by atoms with Crippen LogP contribution in [0.25, 0.3) is 6.08 Å². The van der Waals surface area contributed by atoms with E-state index in [1.807, 2.05) is 36.4 Å². The number of unbranched alkanes of at least 4 members (excludes halogenated alkanes) is 3. The first-order chi connectivity index (χ1) is 13.3. The van der Waals surface area contributed by atoms with Gasteiger partial charge < -0.3 is 0 Å². The lowest BCUT2D eigenvalue weighted by Crippen LogP contribution is -2.02. The van der Waals surface area contributed by atoms with E-state index >= 15 is 0 Å². The predicted octanol–water partition coefficient (Wildman–Crippen LogP) is 6.92. The number of carbonyl (C=O) groups excluding carboxylic acids is 1. The summed E-state index contributed by atoms with van der Waals surface area (Å²) in [5.41, 5.74) is 4.62. The fourth-order valence-electron chi connectivity index (χ4n) is 3.63. The van der Waals surface area contributed by atoms with Crippen molar-refractivity contribution in [3.05, 3.63) is 101 Å². The largest absolute Gasteiger partial charge is 0.289 e. The predicted molar refractivity (Wildman–Crippen MR) is 115 cm³/mol. The van der Waals surface area contributed by atoms with E-state index in [1.165, 1.54) is 36.8 Å². The van der Waals surface area contributed by atoms with Crippen molar-refractivity contribution < 1.29 is 4.79 Å². The van der Waals surface area contributed by atoms with Crippen LogP contribution in [-0.2, 0) is 6.42 Å². The zero-order valence-corrected chi connectivity index (χ0v) is 16.1. The number of rotatable bonds is 9. The molecule has 1 nitrogen and oxygen atoms in total. The molecule has 0 aliphatic heterocycles. The summed E-state index contributed by atoms with van der Waals surface area (Å²) in [5.74, 6) is 0.353. The molecule has 0 spiro atoms. The molecule has 0 amide bonds. The summed E-state index contributed by atoms with van der Waals surface area (Å²) in [5, 5.41) is 0. The average molecular weight is 357 g/mol. The summed E-state index contributed by atoms with van der Waals surface area (Å²) in [6, 6.07) is 15.9. The molecule has 0 saturated carbocycles. The Morgan fingerprint density at radius 2 is 1.70 bits per heavy atom. The van der Waals surface area contributed by atoms with Crippen molar-refractivity contribution in [2.45, 2.75) is 44.9 Å². The van der Waals surface area contributed by atoms with Crippen molar-refractivity contribution in [2.75, 3.05) is 0 Å². The maximum absolute atomic E-state index is 12.5. The monoisotopic (exact) mass is 356 g/mol. The Morgan fingerprint density at radius 3 is 2.44 bits per heavy atom. The van der Waals surface area contributed by atoms with E-state index in [0.29, 0.717) is 5.92 Å². The first kappa shape index (κ1) is 19.1. The molecule has 0 fully saturated rings. The molecule has 0 atom stereocenters. The lowest BCUT2D eigenvalue weighted by molar-refractivity contribution is 0.104. The number of benzene rings is 2. The SMILES string of the molecule is CCCCCCc1cccc(C=CC(=O)c2ccccc2)c1C1C=CC=C1. The molecular weight excluding hydrogens is 328 g/mol. The molecule has 0 aromatic heterocycles. The van der Waals surface area contributed by atoms with Crippen molar-refractivity contribution in [2.24, 2.45) is 0 Å². The third-order valence-electron chi connectivity index (χ3n) is 5.08. The van der Waals surface area contributed by atoms with Crippen LogP contribution < -0.4 is 0 Å². The van der Waals surface area contributed by atoms with Gasteiger partial charge in [0.1, 0.15) is 0 Å². The van der Waals surface area contributed by atoms with Crippen molar-refractivity contribution in [1.29, 1.82) is 0 Å². The Labute approximate surface area is 163 Å². The molecule has 2 aromatic carbocycles. The molecule has 3 rings (SSSR count). The molecular formula is C26H28O. The van der Waals surface area contributed by atoms with Crippen LogP contribution in [0.2, 0.25) is 0 Å². The van der Waals surface area contributed by atoms with Crippen molar-refractivity contribution in [3.63, 3.8) is 0 Å². The summed E-state index contributed by atoms with van der Waals surface area (Å²) >= 11 is 0. The van der Waals surface area contributed by atoms with E-state index in [1.54, 1.807) is 6.08 Å². The van der Waals surface area contributed by atoms with E-state index in [-0.39, 0.29) is 5.78 Å². The minimum atomic E-state index is 0.0485. The fraction of sp³-hybridized carbons (Fsp3) is 0.269. The number of allylic oxidation sites excluding steroid dienone is 5. The second-order valence-electron chi connectivity index (χ2n) is 7.09. The summed E-state index contributed by atoms with van der Waals surface area (Å²) in [6.45, 7) is 2.24. The fourth-order valence-corrected chi connectivity index (χ4v) is 3.63. The highest BCUT2D eigenvalue weighted by Gasteiger charge is 2.15. The van der Waals surface area contributed by atoms with Crippen LogP contribution in [0.5, 0.6) is 0 Å². The molecule has 1 aliphatic rings. The molecule has 0 N–H and O–H groups in total. The van der Waals surface area contributed by atoms with Crippen LogP contribution in [0.1, 0.15) is 65.6 Å². The Kier molecular flexibility index (Phi) is 6.98. The van der Waals surface area contributed by atoms with Crippen LogP contribution in [0.15, 0.2) is 78.9 Å². The van der Waals surface area contributed by atoms with Crippen molar-refractivity contribution in [1.82, 2.24) is 0 Å². The summed E-state index contributed by atoms with van der Waals surface area (Å²) in [7, 11) is 0. The molecule has 1 heteroatoms. The number of hydrogen-bond acceptors (Lipinski definition) is 1. The van der Waals surface area contributed by atoms with Gasteiger partial charge in [-0.3, -0.25) is 4.79 Å². The van der Waals surface area contributed by atoms with Crippen LogP contribution in [0, 0.1) is 0 Å². The Hall–Kier alpha value is -2.67. The molecule has 0 saturated heterocycles. The highest BCUT2D eigenvalue weighted by Crippen LogP contribution is 2.31. The van der Waals surface area contributed by atoms with Gasteiger partial charge in [0.05, 0.1) is 0 Å². The van der Waals surface area contributed by atoms with Gasteiger partial charge in [-0.15, -0.1) is 0 Å². The van der Waals surface area contributed by atoms with Crippen molar-refractivity contribution >= 4 is 11.9 Å². The molecule has 0 unspecified atom stereocenters. The molecule has 0 bridgehead atoms. The van der Waals surface area contributed by atoms with Gasteiger partial charge in [-0.2, -0.15) is 0 Å². The van der Waals surface area contributed by atoms with Crippen LogP contribution in [0.4, 0.5) is 0 Å². The number of hydrogen-bond donors (Lipinski definition) is 0. The van der Waals surface area contributed by atoms with E-state index in [2.05, 4.69) is 49.4 Å². The van der Waals surface area contributed by atoms with E-state index < -0.39 is 0 Å². The van der Waals surface area contributed by atoms with E-state index in [0.717, 1.165) is 17.5 Å². The molecule has 2 aromatic rings. The summed E-state index contributed by atoms with van der Waals surface area (Å²) in [4.78, 5) is 12.5. The van der Waals surface area contributed by atoms with Gasteiger partial charge >= 0.3 is 0 Å². The third-order valence-corrected chi connectivity index (χ3v) is 5.08. The standard InChI is InChI=1S/C26H28O/c1-2-3-4-6-14-23-17-11-18-24(26(23)22-15-9-10-16-22)19-20-25(27)21-12-7-5-8-13-21/h5,7-13,15-20,22H,2-4,6,14H2,1H3. The normalized spacial score (nSPS) is 13.7. The van der Waals surface area contributed by atoms with Gasteiger partial charge in [-0.1, -0.05) is 105 Å². The lowest BCUT2D eigenvalue weighted by atomic mass is 9.88. The molecule has 138 valence electrons. The minimum absolute atomic E-state index is 0.0485. The van der Waals surface area contributed by atoms with Gasteiger partial charge in [0.25, 0.3) is 0 Å². The number of aryl methyl sites for hydroxylation is 1. The van der Waals surface area contributed by atoms with Gasteiger partial charge in [0.2, 0.25) is 0 Å². The third kappa shape index (κ3) is 5.17. The maximum Gasteiger partial charge on any atom is 0.185 e. The highest BCUT2D eigenvalue weighted by molar-refractivity contribution is 6.06. The van der Waals surface area contributed by atoms with Crippen LogP contribution in [0.3, 0.4) is 0 Å². The zero-order valence-electron chi connectivity index (χ0n) is 16.1. The average Bonchev–Trinajstić information content (AvgIpc) is 3.24. The first-order valence-electron chi connectivity index (χ1n) is 10.0. The van der Waals surface area contributed by atoms with E-state index in [4.69, 9.17) is 0 Å². The van der Waals surface area contributed by atoms with Gasteiger partial charge in [0, 0.05) is 11.5 Å². The minimum Gasteiger partial charge on any atom is -0.289 e. The van der Waals surface area contributed by atoms with Gasteiger partial charge in [-0.05, 0) is 35.6 Å². The second kappa shape index (κ2) is 9.87. The maximum atomic E-state index is 12.5.